The molecule has 0 aliphatic carbocycles. The summed E-state index contributed by atoms with van der Waals surface area (Å²) < 4.78 is 30.7. The number of Topliss-reactive ketones (excluding diaryl/α,β-unsaturated/α-hetero) is 1. The molecule has 0 unspecified atom stereocenters. The van der Waals surface area contributed by atoms with E-state index in [1.54, 1.807) is 13.0 Å². The van der Waals surface area contributed by atoms with Gasteiger partial charge in [-0.2, -0.15) is 5.10 Å². The van der Waals surface area contributed by atoms with Crippen molar-refractivity contribution in [1.29, 1.82) is 0 Å². The minimum absolute atomic E-state index is 0.0523. The van der Waals surface area contributed by atoms with Gasteiger partial charge in [-0.15, -0.1) is 0 Å². The maximum atomic E-state index is 12.7. The lowest BCUT2D eigenvalue weighted by Crippen LogP contribution is -2.24. The van der Waals surface area contributed by atoms with Crippen LogP contribution in [0.25, 0.3) is 0 Å². The molecule has 0 saturated carbocycles. The Hall–Kier alpha value is -3.27. The Labute approximate surface area is 204 Å². The fourth-order valence-electron chi connectivity index (χ4n) is 4.70. The molecule has 1 aromatic carbocycles. The molecule has 0 radical (unpaired) electrons. The highest BCUT2D eigenvalue weighted by Crippen LogP contribution is 2.29. The van der Waals surface area contributed by atoms with E-state index in [0.717, 1.165) is 17.0 Å². The number of ether oxygens (including phenoxy) is 1. The van der Waals surface area contributed by atoms with Crippen molar-refractivity contribution in [3.8, 4) is 0 Å². The SMILES string of the molecule is Cc1cc(C(=O)COC(=O)CCC(=O)N2CCC(c3ccccc3)=N2)c(C)n1[C@@H]1CCS(=O)(=O)C1. The number of aryl methyl sites for hydroxylation is 1. The summed E-state index contributed by atoms with van der Waals surface area (Å²) in [6, 6.07) is 11.1. The normalized spacial score (nSPS) is 19.0. The Bertz CT molecular complexity index is 1280. The standard InChI is InChI=1S/C25H29N3O6S/c1-17-14-21(18(2)28(17)20-11-13-35(32,33)16-20)23(29)15-34-25(31)9-8-24(30)27-12-10-22(26-27)19-6-4-3-5-7-19/h3-7,14,20H,8-13,15-16H2,1-2H3/t20-/m1/s1. The smallest absolute Gasteiger partial charge is 0.306 e. The first-order valence-corrected chi connectivity index (χ1v) is 13.5. The number of hydrazone groups is 1. The molecule has 3 heterocycles. The van der Waals surface area contributed by atoms with Crippen molar-refractivity contribution >= 4 is 33.2 Å². The summed E-state index contributed by atoms with van der Waals surface area (Å²) in [6.07, 6.45) is 0.976. The van der Waals surface area contributed by atoms with Gasteiger partial charge >= 0.3 is 5.97 Å². The van der Waals surface area contributed by atoms with Gasteiger partial charge in [-0.25, -0.2) is 13.4 Å². The topological polar surface area (TPSA) is 115 Å². The number of hydrogen-bond acceptors (Lipinski definition) is 7. The largest absolute Gasteiger partial charge is 0.457 e. The average molecular weight is 500 g/mol. The van der Waals surface area contributed by atoms with E-state index in [4.69, 9.17) is 4.74 Å². The van der Waals surface area contributed by atoms with Crippen LogP contribution >= 0.6 is 0 Å². The van der Waals surface area contributed by atoms with Gasteiger partial charge < -0.3 is 9.30 Å². The number of carbonyl (C=O) groups excluding carboxylic acids is 3. The maximum Gasteiger partial charge on any atom is 0.306 e. The summed E-state index contributed by atoms with van der Waals surface area (Å²) in [5, 5.41) is 5.74. The van der Waals surface area contributed by atoms with Crippen molar-refractivity contribution in [3.05, 3.63) is 58.9 Å². The monoisotopic (exact) mass is 499 g/mol. The molecule has 1 aromatic heterocycles. The van der Waals surface area contributed by atoms with Gasteiger partial charge in [0.15, 0.2) is 16.4 Å². The number of esters is 1. The predicted molar refractivity (Wildman–Crippen MR) is 130 cm³/mol. The summed E-state index contributed by atoms with van der Waals surface area (Å²) in [5.41, 5.74) is 3.68. The Balaban J connectivity index is 1.27. The fourth-order valence-corrected chi connectivity index (χ4v) is 6.40. The second-order valence-electron chi connectivity index (χ2n) is 8.98. The van der Waals surface area contributed by atoms with E-state index in [-0.39, 0.29) is 42.1 Å². The number of rotatable bonds is 8. The first-order valence-electron chi connectivity index (χ1n) is 11.7. The van der Waals surface area contributed by atoms with Gasteiger partial charge in [0.05, 0.1) is 30.2 Å². The van der Waals surface area contributed by atoms with Crippen LogP contribution in [-0.2, 0) is 24.2 Å². The van der Waals surface area contributed by atoms with Crippen molar-refractivity contribution in [2.75, 3.05) is 24.7 Å². The molecule has 186 valence electrons. The quantitative estimate of drug-likeness (QED) is 0.407. The van der Waals surface area contributed by atoms with E-state index in [2.05, 4.69) is 5.10 Å². The molecule has 2 aliphatic heterocycles. The van der Waals surface area contributed by atoms with E-state index in [1.807, 2.05) is 41.8 Å². The number of hydrogen-bond donors (Lipinski definition) is 0. The van der Waals surface area contributed by atoms with E-state index in [1.165, 1.54) is 5.01 Å². The minimum atomic E-state index is -3.06. The number of benzene rings is 1. The number of amides is 1. The molecule has 0 spiro atoms. The van der Waals surface area contributed by atoms with Crippen LogP contribution in [0.3, 0.4) is 0 Å². The predicted octanol–water partition coefficient (Wildman–Crippen LogP) is 2.61. The van der Waals surface area contributed by atoms with Gasteiger partial charge in [0.25, 0.3) is 0 Å². The zero-order valence-electron chi connectivity index (χ0n) is 19.9. The van der Waals surface area contributed by atoms with Gasteiger partial charge in [-0.1, -0.05) is 30.3 Å². The van der Waals surface area contributed by atoms with Crippen molar-refractivity contribution in [2.45, 2.75) is 45.6 Å². The Morgan fingerprint density at radius 2 is 1.86 bits per heavy atom. The summed E-state index contributed by atoms with van der Waals surface area (Å²) in [6.45, 7) is 3.64. The van der Waals surface area contributed by atoms with Crippen molar-refractivity contribution < 1.29 is 27.5 Å². The number of carbonyl (C=O) groups is 3. The zero-order valence-corrected chi connectivity index (χ0v) is 20.7. The number of aromatic nitrogens is 1. The zero-order chi connectivity index (χ0) is 25.2. The van der Waals surface area contributed by atoms with Crippen LogP contribution in [0.1, 0.15) is 59.0 Å². The Kier molecular flexibility index (Phi) is 7.20. The van der Waals surface area contributed by atoms with Gasteiger partial charge in [0, 0.05) is 35.8 Å². The lowest BCUT2D eigenvalue weighted by Gasteiger charge is -2.16. The summed E-state index contributed by atoms with van der Waals surface area (Å²) >= 11 is 0. The Morgan fingerprint density at radius 3 is 2.54 bits per heavy atom. The van der Waals surface area contributed by atoms with Crippen LogP contribution in [0, 0.1) is 13.8 Å². The van der Waals surface area contributed by atoms with Gasteiger partial charge in [0.2, 0.25) is 11.7 Å². The van der Waals surface area contributed by atoms with Crippen LogP contribution in [0.2, 0.25) is 0 Å². The number of sulfone groups is 1. The summed E-state index contributed by atoms with van der Waals surface area (Å²) in [7, 11) is -3.06. The molecular weight excluding hydrogens is 470 g/mol. The molecular formula is C25H29N3O6S. The van der Waals surface area contributed by atoms with Crippen molar-refractivity contribution in [2.24, 2.45) is 5.10 Å². The first kappa shape index (κ1) is 24.8. The van der Waals surface area contributed by atoms with Crippen molar-refractivity contribution in [3.63, 3.8) is 0 Å². The molecule has 2 aliphatic rings. The molecule has 9 nitrogen and oxygen atoms in total. The molecule has 1 atom stereocenters. The van der Waals surface area contributed by atoms with Crippen LogP contribution < -0.4 is 0 Å². The second kappa shape index (κ2) is 10.2. The van der Waals surface area contributed by atoms with Gasteiger partial charge in [-0.3, -0.25) is 14.4 Å². The third kappa shape index (κ3) is 5.70. The first-order chi connectivity index (χ1) is 16.6. The maximum absolute atomic E-state index is 12.7. The summed E-state index contributed by atoms with van der Waals surface area (Å²) in [5.74, 6) is -1.05. The molecule has 35 heavy (non-hydrogen) atoms. The Morgan fingerprint density at radius 1 is 1.11 bits per heavy atom. The lowest BCUT2D eigenvalue weighted by molar-refractivity contribution is -0.145. The highest BCUT2D eigenvalue weighted by molar-refractivity contribution is 7.91. The van der Waals surface area contributed by atoms with E-state index < -0.39 is 22.4 Å². The highest BCUT2D eigenvalue weighted by atomic mass is 32.2. The molecule has 10 heteroatoms. The number of nitrogens with zero attached hydrogens (tertiary/aromatic N) is 3. The highest BCUT2D eigenvalue weighted by Gasteiger charge is 2.32. The van der Waals surface area contributed by atoms with Crippen molar-refractivity contribution in [1.82, 2.24) is 9.58 Å². The lowest BCUT2D eigenvalue weighted by atomic mass is 10.1. The molecule has 4 rings (SSSR count). The average Bonchev–Trinajstić information content (AvgIpc) is 3.53. The van der Waals surface area contributed by atoms with Gasteiger partial charge in [-0.05, 0) is 31.9 Å². The molecule has 1 amide bonds. The van der Waals surface area contributed by atoms with E-state index in [0.29, 0.717) is 30.6 Å². The fraction of sp³-hybridized carbons (Fsp3) is 0.440. The number of ketones is 1. The summed E-state index contributed by atoms with van der Waals surface area (Å²) in [4.78, 5) is 37.3. The third-order valence-corrected chi connectivity index (χ3v) is 8.21. The minimum Gasteiger partial charge on any atom is -0.457 e. The molecule has 0 bridgehead atoms. The molecule has 1 fully saturated rings. The molecule has 0 N–H and O–H groups in total. The van der Waals surface area contributed by atoms with E-state index >= 15 is 0 Å². The second-order valence-corrected chi connectivity index (χ2v) is 11.2. The van der Waals surface area contributed by atoms with Crippen LogP contribution in [-0.4, -0.2) is 66.0 Å². The van der Waals surface area contributed by atoms with Crippen LogP contribution in [0.5, 0.6) is 0 Å². The molecule has 2 aromatic rings. The van der Waals surface area contributed by atoms with Crippen LogP contribution in [0.4, 0.5) is 0 Å². The molecule has 1 saturated heterocycles. The van der Waals surface area contributed by atoms with E-state index in [9.17, 15) is 22.8 Å². The van der Waals surface area contributed by atoms with Gasteiger partial charge in [0.1, 0.15) is 0 Å². The van der Waals surface area contributed by atoms with Crippen LogP contribution in [0.15, 0.2) is 41.5 Å². The third-order valence-electron chi connectivity index (χ3n) is 6.46.